The predicted octanol–water partition coefficient (Wildman–Crippen LogP) is 0.953. The highest BCUT2D eigenvalue weighted by Gasteiger charge is 2.00. The van der Waals surface area contributed by atoms with Crippen LogP contribution in [0.3, 0.4) is 0 Å². The fourth-order valence-electron chi connectivity index (χ4n) is 1.17. The first kappa shape index (κ1) is 12.9. The molecule has 0 aromatic carbocycles. The van der Waals surface area contributed by atoms with Gasteiger partial charge in [-0.2, -0.15) is 0 Å². The molecule has 0 spiro atoms. The third kappa shape index (κ3) is 6.99. The quantitative estimate of drug-likeness (QED) is 0.574. The molecule has 0 aromatic heterocycles. The number of ether oxygens (including phenoxy) is 1. The number of hydrogen-bond acceptors (Lipinski definition) is 3. The zero-order valence-electron chi connectivity index (χ0n) is 9.47. The normalized spacial score (nSPS) is 13.6. The van der Waals surface area contributed by atoms with Gasteiger partial charge in [-0.25, -0.2) is 0 Å². The van der Waals surface area contributed by atoms with Crippen molar-refractivity contribution in [1.82, 2.24) is 10.2 Å². The number of rotatable bonds is 8. The summed E-state index contributed by atoms with van der Waals surface area (Å²) in [6, 6.07) is 0. The third-order valence-electron chi connectivity index (χ3n) is 2.33. The molecule has 0 aromatic rings. The first-order valence-corrected chi connectivity index (χ1v) is 5.20. The van der Waals surface area contributed by atoms with Crippen LogP contribution in [-0.2, 0) is 4.74 Å². The van der Waals surface area contributed by atoms with Gasteiger partial charge < -0.3 is 15.0 Å². The van der Waals surface area contributed by atoms with Crippen LogP contribution in [0.25, 0.3) is 0 Å². The summed E-state index contributed by atoms with van der Waals surface area (Å²) in [7, 11) is 1.75. The van der Waals surface area contributed by atoms with E-state index in [0.29, 0.717) is 6.10 Å². The van der Waals surface area contributed by atoms with Gasteiger partial charge in [-0.3, -0.25) is 0 Å². The van der Waals surface area contributed by atoms with E-state index in [1.165, 1.54) is 0 Å². The van der Waals surface area contributed by atoms with Gasteiger partial charge in [-0.15, -0.1) is 0 Å². The Kier molecular flexibility index (Phi) is 8.40. The van der Waals surface area contributed by atoms with Crippen LogP contribution in [0.1, 0.15) is 20.8 Å². The van der Waals surface area contributed by atoms with Gasteiger partial charge in [0.25, 0.3) is 0 Å². The summed E-state index contributed by atoms with van der Waals surface area (Å²) in [4.78, 5) is 2.41. The van der Waals surface area contributed by atoms with Crippen molar-refractivity contribution in [1.29, 1.82) is 0 Å². The molecule has 80 valence electrons. The summed E-state index contributed by atoms with van der Waals surface area (Å²) in [5, 5.41) is 3.37. The summed E-state index contributed by atoms with van der Waals surface area (Å²) in [5.74, 6) is 0. The maximum atomic E-state index is 5.13. The number of nitrogens with one attached hydrogen (secondary N) is 1. The largest absolute Gasteiger partial charge is 0.380 e. The lowest BCUT2D eigenvalue weighted by molar-refractivity contribution is 0.116. The van der Waals surface area contributed by atoms with Crippen molar-refractivity contribution in [2.24, 2.45) is 0 Å². The molecule has 13 heavy (non-hydrogen) atoms. The molecule has 0 radical (unpaired) electrons. The lowest BCUT2D eigenvalue weighted by atomic mass is 10.4. The van der Waals surface area contributed by atoms with Crippen LogP contribution >= 0.6 is 0 Å². The Labute approximate surface area is 82.4 Å². The highest BCUT2D eigenvalue weighted by molar-refractivity contribution is 4.58. The maximum absolute atomic E-state index is 5.13. The molecule has 0 fully saturated rings. The minimum Gasteiger partial charge on any atom is -0.380 e. The van der Waals surface area contributed by atoms with Crippen LogP contribution in [0.5, 0.6) is 0 Å². The Morgan fingerprint density at radius 2 is 1.92 bits per heavy atom. The Morgan fingerprint density at radius 1 is 1.31 bits per heavy atom. The predicted molar refractivity (Wildman–Crippen MR) is 57.1 cm³/mol. The molecule has 3 nitrogen and oxygen atoms in total. The van der Waals surface area contributed by atoms with Crippen molar-refractivity contribution in [2.45, 2.75) is 26.9 Å². The van der Waals surface area contributed by atoms with Crippen LogP contribution in [-0.4, -0.2) is 50.8 Å². The van der Waals surface area contributed by atoms with Gasteiger partial charge in [0.05, 0.1) is 6.10 Å². The minimum absolute atomic E-state index is 0.316. The summed E-state index contributed by atoms with van der Waals surface area (Å²) < 4.78 is 5.13. The Bertz CT molecular complexity index is 105. The van der Waals surface area contributed by atoms with Gasteiger partial charge in [0.15, 0.2) is 0 Å². The fourth-order valence-corrected chi connectivity index (χ4v) is 1.17. The average molecular weight is 188 g/mol. The first-order valence-electron chi connectivity index (χ1n) is 5.20. The number of nitrogens with zero attached hydrogens (tertiary/aromatic N) is 1. The van der Waals surface area contributed by atoms with E-state index in [9.17, 15) is 0 Å². The van der Waals surface area contributed by atoms with E-state index in [-0.39, 0.29) is 0 Å². The molecule has 0 heterocycles. The van der Waals surface area contributed by atoms with Crippen molar-refractivity contribution < 1.29 is 4.74 Å². The monoisotopic (exact) mass is 188 g/mol. The number of hydrogen-bond donors (Lipinski definition) is 1. The second-order valence-corrected chi connectivity index (χ2v) is 3.28. The Hall–Kier alpha value is -0.120. The Morgan fingerprint density at radius 3 is 2.38 bits per heavy atom. The molecule has 0 saturated carbocycles. The van der Waals surface area contributed by atoms with Crippen LogP contribution < -0.4 is 5.32 Å². The van der Waals surface area contributed by atoms with E-state index < -0.39 is 0 Å². The van der Waals surface area contributed by atoms with Gasteiger partial charge in [0.2, 0.25) is 0 Å². The molecule has 0 amide bonds. The zero-order chi connectivity index (χ0) is 10.1. The average Bonchev–Trinajstić information content (AvgIpc) is 2.18. The summed E-state index contributed by atoms with van der Waals surface area (Å²) in [5.41, 5.74) is 0. The van der Waals surface area contributed by atoms with E-state index in [1.54, 1.807) is 7.11 Å². The molecule has 0 rings (SSSR count). The van der Waals surface area contributed by atoms with Crippen LogP contribution in [0.15, 0.2) is 0 Å². The van der Waals surface area contributed by atoms with Crippen molar-refractivity contribution in [2.75, 3.05) is 39.8 Å². The van der Waals surface area contributed by atoms with E-state index >= 15 is 0 Å². The summed E-state index contributed by atoms with van der Waals surface area (Å²) in [6.07, 6.45) is 0.316. The minimum atomic E-state index is 0.316. The topological polar surface area (TPSA) is 24.5 Å². The molecule has 3 heteroatoms. The first-order chi connectivity index (χ1) is 6.24. The molecular formula is C10H24N2O. The second-order valence-electron chi connectivity index (χ2n) is 3.28. The summed E-state index contributed by atoms with van der Waals surface area (Å²) >= 11 is 0. The summed E-state index contributed by atoms with van der Waals surface area (Å²) in [6.45, 7) is 11.9. The van der Waals surface area contributed by atoms with Gasteiger partial charge in [0.1, 0.15) is 0 Å². The van der Waals surface area contributed by atoms with Gasteiger partial charge in [-0.1, -0.05) is 13.8 Å². The van der Waals surface area contributed by atoms with E-state index in [4.69, 9.17) is 4.74 Å². The number of methoxy groups -OCH3 is 1. The van der Waals surface area contributed by atoms with Gasteiger partial charge >= 0.3 is 0 Å². The second kappa shape index (κ2) is 8.48. The van der Waals surface area contributed by atoms with Crippen LogP contribution in [0.4, 0.5) is 0 Å². The fraction of sp³-hybridized carbons (Fsp3) is 1.00. The molecule has 1 N–H and O–H groups in total. The van der Waals surface area contributed by atoms with Crippen molar-refractivity contribution >= 4 is 0 Å². The highest BCUT2D eigenvalue weighted by Crippen LogP contribution is 1.86. The van der Waals surface area contributed by atoms with Crippen molar-refractivity contribution in [3.8, 4) is 0 Å². The number of likely N-dealkylation sites (N-methyl/N-ethyl adjacent to an activating group) is 1. The van der Waals surface area contributed by atoms with Crippen molar-refractivity contribution in [3.05, 3.63) is 0 Å². The highest BCUT2D eigenvalue weighted by atomic mass is 16.5. The third-order valence-corrected chi connectivity index (χ3v) is 2.33. The maximum Gasteiger partial charge on any atom is 0.0667 e. The molecule has 0 aliphatic heterocycles. The molecule has 1 atom stereocenters. The molecule has 0 bridgehead atoms. The van der Waals surface area contributed by atoms with E-state index in [0.717, 1.165) is 32.7 Å². The SMILES string of the molecule is CCN(CC)CCNCC(C)OC. The molecule has 1 unspecified atom stereocenters. The lowest BCUT2D eigenvalue weighted by Crippen LogP contribution is -2.35. The Balaban J connectivity index is 3.23. The van der Waals surface area contributed by atoms with Gasteiger partial charge in [-0.05, 0) is 20.0 Å². The molecule has 0 aliphatic carbocycles. The molecule has 0 saturated heterocycles. The molecular weight excluding hydrogens is 164 g/mol. The zero-order valence-corrected chi connectivity index (χ0v) is 9.47. The van der Waals surface area contributed by atoms with Crippen LogP contribution in [0, 0.1) is 0 Å². The van der Waals surface area contributed by atoms with E-state index in [2.05, 4.69) is 31.0 Å². The molecule has 0 aliphatic rings. The van der Waals surface area contributed by atoms with Crippen LogP contribution in [0.2, 0.25) is 0 Å². The lowest BCUT2D eigenvalue weighted by Gasteiger charge is -2.18. The van der Waals surface area contributed by atoms with E-state index in [1.807, 2.05) is 0 Å². The van der Waals surface area contributed by atoms with Gasteiger partial charge in [0, 0.05) is 26.7 Å². The standard InChI is InChI=1S/C10H24N2O/c1-5-12(6-2)8-7-11-9-10(3)13-4/h10-11H,5-9H2,1-4H3. The smallest absolute Gasteiger partial charge is 0.0667 e. The van der Waals surface area contributed by atoms with Crippen molar-refractivity contribution in [3.63, 3.8) is 0 Å².